The standard InChI is InChI=1S/C16H31N3O/c1-13-9-16(11-17,12-19(13)15-3-4-15)18(2)10-14-5-7-20-8-6-14/h13-15H,3-12,17H2,1-2H3. The van der Waals surface area contributed by atoms with Crippen LogP contribution in [0.25, 0.3) is 0 Å². The molecule has 2 aliphatic heterocycles. The summed E-state index contributed by atoms with van der Waals surface area (Å²) >= 11 is 0. The lowest BCUT2D eigenvalue weighted by Gasteiger charge is -2.40. The predicted octanol–water partition coefficient (Wildman–Crippen LogP) is 1.30. The van der Waals surface area contributed by atoms with Gasteiger partial charge in [0, 0.05) is 50.5 Å². The SMILES string of the molecule is CC1CC(CN)(N(C)CC2CCOCC2)CN1C1CC1. The summed E-state index contributed by atoms with van der Waals surface area (Å²) in [4.78, 5) is 5.30. The minimum atomic E-state index is 0.209. The lowest BCUT2D eigenvalue weighted by atomic mass is 9.91. The average Bonchev–Trinajstić information content (AvgIpc) is 3.24. The number of nitrogens with two attached hydrogens (primary N) is 1. The number of hydrogen-bond donors (Lipinski definition) is 1. The molecule has 1 saturated carbocycles. The molecule has 0 aromatic carbocycles. The van der Waals surface area contributed by atoms with Gasteiger partial charge in [-0.1, -0.05) is 0 Å². The number of likely N-dealkylation sites (tertiary alicyclic amines) is 1. The Kier molecular flexibility index (Phi) is 4.37. The molecule has 2 atom stereocenters. The maximum absolute atomic E-state index is 6.23. The first-order valence-corrected chi connectivity index (χ1v) is 8.39. The van der Waals surface area contributed by atoms with Crippen LogP contribution in [0.1, 0.15) is 39.0 Å². The molecule has 2 heterocycles. The molecule has 0 aromatic rings. The van der Waals surface area contributed by atoms with E-state index in [9.17, 15) is 0 Å². The van der Waals surface area contributed by atoms with Crippen molar-refractivity contribution in [2.45, 2.75) is 56.7 Å². The molecule has 20 heavy (non-hydrogen) atoms. The summed E-state index contributed by atoms with van der Waals surface area (Å²) in [6.07, 6.45) is 6.46. The maximum Gasteiger partial charge on any atom is 0.0470 e. The largest absolute Gasteiger partial charge is 0.381 e. The molecule has 2 N–H and O–H groups in total. The van der Waals surface area contributed by atoms with Crippen LogP contribution in [0.2, 0.25) is 0 Å². The van der Waals surface area contributed by atoms with Gasteiger partial charge in [-0.25, -0.2) is 0 Å². The second kappa shape index (κ2) is 5.91. The van der Waals surface area contributed by atoms with E-state index in [1.807, 2.05) is 0 Å². The Balaban J connectivity index is 1.62. The van der Waals surface area contributed by atoms with Crippen LogP contribution in [0.5, 0.6) is 0 Å². The highest BCUT2D eigenvalue weighted by atomic mass is 16.5. The Morgan fingerprint density at radius 2 is 1.95 bits per heavy atom. The smallest absolute Gasteiger partial charge is 0.0470 e. The van der Waals surface area contributed by atoms with Gasteiger partial charge in [-0.05, 0) is 52.0 Å². The van der Waals surface area contributed by atoms with E-state index in [4.69, 9.17) is 10.5 Å². The highest BCUT2D eigenvalue weighted by Gasteiger charge is 2.48. The Bertz CT molecular complexity index is 328. The fourth-order valence-electron chi connectivity index (χ4n) is 4.21. The summed E-state index contributed by atoms with van der Waals surface area (Å²) in [6, 6.07) is 1.55. The van der Waals surface area contributed by atoms with E-state index in [2.05, 4.69) is 23.8 Å². The molecule has 116 valence electrons. The van der Waals surface area contributed by atoms with E-state index in [-0.39, 0.29) is 5.54 Å². The third-order valence-corrected chi connectivity index (χ3v) is 5.80. The van der Waals surface area contributed by atoms with E-state index in [1.54, 1.807) is 0 Å². The van der Waals surface area contributed by atoms with Crippen LogP contribution < -0.4 is 5.73 Å². The molecule has 2 unspecified atom stereocenters. The van der Waals surface area contributed by atoms with Crippen LogP contribution in [0.15, 0.2) is 0 Å². The van der Waals surface area contributed by atoms with Gasteiger partial charge in [0.1, 0.15) is 0 Å². The second-order valence-electron chi connectivity index (χ2n) is 7.32. The van der Waals surface area contributed by atoms with Crippen molar-refractivity contribution in [3.63, 3.8) is 0 Å². The Morgan fingerprint density at radius 1 is 1.25 bits per heavy atom. The molecular weight excluding hydrogens is 250 g/mol. The molecule has 0 aromatic heterocycles. The number of ether oxygens (including phenoxy) is 1. The predicted molar refractivity (Wildman–Crippen MR) is 81.8 cm³/mol. The van der Waals surface area contributed by atoms with Crippen molar-refractivity contribution in [3.8, 4) is 0 Å². The van der Waals surface area contributed by atoms with Gasteiger partial charge in [0.15, 0.2) is 0 Å². The number of rotatable bonds is 5. The highest BCUT2D eigenvalue weighted by Crippen LogP contribution is 2.39. The average molecular weight is 281 g/mol. The van der Waals surface area contributed by atoms with Crippen LogP contribution >= 0.6 is 0 Å². The van der Waals surface area contributed by atoms with Crippen LogP contribution in [0, 0.1) is 5.92 Å². The maximum atomic E-state index is 6.23. The van der Waals surface area contributed by atoms with Crippen LogP contribution in [-0.4, -0.2) is 67.3 Å². The summed E-state index contributed by atoms with van der Waals surface area (Å²) < 4.78 is 5.48. The normalized spacial score (nSPS) is 36.9. The van der Waals surface area contributed by atoms with E-state index >= 15 is 0 Å². The Labute approximate surface area is 123 Å². The monoisotopic (exact) mass is 281 g/mol. The molecule has 0 amide bonds. The summed E-state index contributed by atoms with van der Waals surface area (Å²) in [5.74, 6) is 0.794. The molecule has 3 fully saturated rings. The van der Waals surface area contributed by atoms with Crippen molar-refractivity contribution in [1.82, 2.24) is 9.80 Å². The Hall–Kier alpha value is -0.160. The van der Waals surface area contributed by atoms with Gasteiger partial charge in [0.05, 0.1) is 0 Å². The zero-order valence-corrected chi connectivity index (χ0v) is 13.2. The van der Waals surface area contributed by atoms with Crippen molar-refractivity contribution in [2.75, 3.05) is 39.9 Å². The Morgan fingerprint density at radius 3 is 2.55 bits per heavy atom. The number of hydrogen-bond acceptors (Lipinski definition) is 4. The quantitative estimate of drug-likeness (QED) is 0.825. The van der Waals surface area contributed by atoms with Crippen LogP contribution in [0.4, 0.5) is 0 Å². The number of likely N-dealkylation sites (N-methyl/N-ethyl adjacent to an activating group) is 1. The highest BCUT2D eigenvalue weighted by molar-refractivity contribution is 5.06. The van der Waals surface area contributed by atoms with Gasteiger partial charge < -0.3 is 10.5 Å². The van der Waals surface area contributed by atoms with Crippen LogP contribution in [0.3, 0.4) is 0 Å². The first-order chi connectivity index (χ1) is 9.64. The molecule has 3 rings (SSSR count). The van der Waals surface area contributed by atoms with Crippen molar-refractivity contribution in [1.29, 1.82) is 0 Å². The lowest BCUT2D eigenvalue weighted by Crippen LogP contribution is -2.55. The van der Waals surface area contributed by atoms with E-state index in [1.165, 1.54) is 45.2 Å². The van der Waals surface area contributed by atoms with E-state index < -0.39 is 0 Å². The minimum absolute atomic E-state index is 0.209. The lowest BCUT2D eigenvalue weighted by molar-refractivity contribution is 0.0356. The topological polar surface area (TPSA) is 41.7 Å². The molecular formula is C16H31N3O. The van der Waals surface area contributed by atoms with Gasteiger partial charge in [-0.15, -0.1) is 0 Å². The van der Waals surface area contributed by atoms with Crippen molar-refractivity contribution in [2.24, 2.45) is 11.7 Å². The third-order valence-electron chi connectivity index (χ3n) is 5.80. The van der Waals surface area contributed by atoms with Gasteiger partial charge in [0.2, 0.25) is 0 Å². The van der Waals surface area contributed by atoms with Gasteiger partial charge >= 0.3 is 0 Å². The van der Waals surface area contributed by atoms with Gasteiger partial charge in [-0.3, -0.25) is 9.80 Å². The summed E-state index contributed by atoms with van der Waals surface area (Å²) in [7, 11) is 2.30. The molecule has 3 aliphatic rings. The molecule has 0 spiro atoms. The van der Waals surface area contributed by atoms with Crippen molar-refractivity contribution in [3.05, 3.63) is 0 Å². The fraction of sp³-hybridized carbons (Fsp3) is 1.00. The second-order valence-corrected chi connectivity index (χ2v) is 7.32. The fourth-order valence-corrected chi connectivity index (χ4v) is 4.21. The molecule has 2 saturated heterocycles. The zero-order valence-electron chi connectivity index (χ0n) is 13.2. The first kappa shape index (κ1) is 14.8. The zero-order chi connectivity index (χ0) is 14.2. The summed E-state index contributed by atoms with van der Waals surface area (Å²) in [6.45, 7) is 7.43. The summed E-state index contributed by atoms with van der Waals surface area (Å²) in [5, 5.41) is 0. The third kappa shape index (κ3) is 2.89. The minimum Gasteiger partial charge on any atom is -0.381 e. The van der Waals surface area contributed by atoms with E-state index in [0.29, 0.717) is 6.04 Å². The van der Waals surface area contributed by atoms with Gasteiger partial charge in [-0.2, -0.15) is 0 Å². The summed E-state index contributed by atoms with van der Waals surface area (Å²) in [5.41, 5.74) is 6.44. The van der Waals surface area contributed by atoms with Crippen molar-refractivity contribution >= 4 is 0 Å². The molecule has 1 aliphatic carbocycles. The van der Waals surface area contributed by atoms with Crippen LogP contribution in [-0.2, 0) is 4.74 Å². The molecule has 0 radical (unpaired) electrons. The van der Waals surface area contributed by atoms with E-state index in [0.717, 1.165) is 31.7 Å². The molecule has 4 heteroatoms. The van der Waals surface area contributed by atoms with Crippen molar-refractivity contribution < 1.29 is 4.74 Å². The molecule has 0 bridgehead atoms. The number of nitrogens with zero attached hydrogens (tertiary/aromatic N) is 2. The van der Waals surface area contributed by atoms with Gasteiger partial charge in [0.25, 0.3) is 0 Å². The molecule has 4 nitrogen and oxygen atoms in total. The first-order valence-electron chi connectivity index (χ1n) is 8.39.